The standard InChI is InChI=1S/C15H17NO4S/c1-4-5-12-16-13(15(17)18)14(21-12)9-6-10(19-2)8-11(7-9)20-3/h6-8H,4-5H2,1-3H3,(H,17,18). The highest BCUT2D eigenvalue weighted by molar-refractivity contribution is 7.15. The third-order valence-corrected chi connectivity index (χ3v) is 4.12. The summed E-state index contributed by atoms with van der Waals surface area (Å²) in [6.07, 6.45) is 1.69. The summed E-state index contributed by atoms with van der Waals surface area (Å²) in [5, 5.41) is 10.2. The summed E-state index contributed by atoms with van der Waals surface area (Å²) in [4.78, 5) is 16.3. The molecule has 1 heterocycles. The van der Waals surface area contributed by atoms with E-state index in [0.29, 0.717) is 16.4 Å². The Morgan fingerprint density at radius 2 is 1.86 bits per heavy atom. The molecule has 1 N–H and O–H groups in total. The second kappa shape index (κ2) is 6.58. The maximum absolute atomic E-state index is 11.4. The van der Waals surface area contributed by atoms with E-state index >= 15 is 0 Å². The Morgan fingerprint density at radius 3 is 2.33 bits per heavy atom. The van der Waals surface area contributed by atoms with Crippen LogP contribution in [-0.4, -0.2) is 30.3 Å². The molecule has 0 saturated heterocycles. The second-order valence-electron chi connectivity index (χ2n) is 4.44. The highest BCUT2D eigenvalue weighted by Crippen LogP contribution is 2.35. The summed E-state index contributed by atoms with van der Waals surface area (Å²) < 4.78 is 10.5. The van der Waals surface area contributed by atoms with Crippen LogP contribution in [0.3, 0.4) is 0 Å². The number of rotatable bonds is 6. The van der Waals surface area contributed by atoms with E-state index in [9.17, 15) is 9.90 Å². The van der Waals surface area contributed by atoms with Gasteiger partial charge >= 0.3 is 5.97 Å². The molecule has 0 fully saturated rings. The topological polar surface area (TPSA) is 68.7 Å². The molecule has 5 nitrogen and oxygen atoms in total. The van der Waals surface area contributed by atoms with Gasteiger partial charge in [-0.15, -0.1) is 11.3 Å². The number of carboxylic acids is 1. The highest BCUT2D eigenvalue weighted by atomic mass is 32.1. The fraction of sp³-hybridized carbons (Fsp3) is 0.333. The first-order chi connectivity index (χ1) is 10.1. The molecule has 0 aliphatic rings. The van der Waals surface area contributed by atoms with Crippen molar-refractivity contribution in [3.63, 3.8) is 0 Å². The molecule has 1 aromatic heterocycles. The summed E-state index contributed by atoms with van der Waals surface area (Å²) in [6, 6.07) is 5.33. The predicted octanol–water partition coefficient (Wildman–Crippen LogP) is 3.48. The van der Waals surface area contributed by atoms with Gasteiger partial charge in [-0.3, -0.25) is 0 Å². The fourth-order valence-electron chi connectivity index (χ4n) is 1.96. The lowest BCUT2D eigenvalue weighted by atomic mass is 10.1. The Bertz CT molecular complexity index is 629. The zero-order valence-corrected chi connectivity index (χ0v) is 13.0. The summed E-state index contributed by atoms with van der Waals surface area (Å²) >= 11 is 1.40. The summed E-state index contributed by atoms with van der Waals surface area (Å²) in [6.45, 7) is 2.04. The molecule has 112 valence electrons. The molecule has 0 amide bonds. The molecule has 0 unspecified atom stereocenters. The zero-order valence-electron chi connectivity index (χ0n) is 12.2. The molecule has 2 aromatic rings. The van der Waals surface area contributed by atoms with Gasteiger partial charge in [0.25, 0.3) is 0 Å². The van der Waals surface area contributed by atoms with Crippen molar-refractivity contribution in [3.05, 3.63) is 28.9 Å². The third-order valence-electron chi connectivity index (χ3n) is 2.95. The van der Waals surface area contributed by atoms with Gasteiger partial charge in [0.15, 0.2) is 5.69 Å². The number of benzene rings is 1. The number of hydrogen-bond donors (Lipinski definition) is 1. The molecule has 0 aliphatic heterocycles. The molecular formula is C15H17NO4S. The fourth-order valence-corrected chi connectivity index (χ4v) is 3.11. The van der Waals surface area contributed by atoms with Crippen LogP contribution in [0, 0.1) is 0 Å². The Labute approximate surface area is 127 Å². The van der Waals surface area contributed by atoms with E-state index in [0.717, 1.165) is 23.4 Å². The predicted molar refractivity (Wildman–Crippen MR) is 81.6 cm³/mol. The van der Waals surface area contributed by atoms with E-state index in [2.05, 4.69) is 4.98 Å². The highest BCUT2D eigenvalue weighted by Gasteiger charge is 2.19. The monoisotopic (exact) mass is 307 g/mol. The largest absolute Gasteiger partial charge is 0.497 e. The molecule has 21 heavy (non-hydrogen) atoms. The van der Waals surface area contributed by atoms with Crippen molar-refractivity contribution in [2.45, 2.75) is 19.8 Å². The van der Waals surface area contributed by atoms with Crippen molar-refractivity contribution in [2.75, 3.05) is 14.2 Å². The first-order valence-electron chi connectivity index (χ1n) is 6.55. The van der Waals surface area contributed by atoms with E-state index in [-0.39, 0.29) is 5.69 Å². The number of thiazole rings is 1. The lowest BCUT2D eigenvalue weighted by Crippen LogP contribution is -1.99. The van der Waals surface area contributed by atoms with E-state index < -0.39 is 5.97 Å². The molecule has 0 saturated carbocycles. The average Bonchev–Trinajstić information content (AvgIpc) is 2.91. The molecule has 0 bridgehead atoms. The molecule has 2 rings (SSSR count). The van der Waals surface area contributed by atoms with Crippen molar-refractivity contribution in [1.29, 1.82) is 0 Å². The average molecular weight is 307 g/mol. The number of hydrogen-bond acceptors (Lipinski definition) is 5. The molecule has 6 heteroatoms. The minimum absolute atomic E-state index is 0.0822. The minimum atomic E-state index is -1.02. The van der Waals surface area contributed by atoms with Crippen molar-refractivity contribution in [1.82, 2.24) is 4.98 Å². The van der Waals surface area contributed by atoms with Crippen molar-refractivity contribution < 1.29 is 19.4 Å². The quantitative estimate of drug-likeness (QED) is 0.885. The molecule has 0 radical (unpaired) electrons. The van der Waals surface area contributed by atoms with Crippen LogP contribution in [0.4, 0.5) is 0 Å². The number of carboxylic acid groups (broad SMARTS) is 1. The Morgan fingerprint density at radius 1 is 1.24 bits per heavy atom. The lowest BCUT2D eigenvalue weighted by molar-refractivity contribution is 0.0692. The number of ether oxygens (including phenoxy) is 2. The van der Waals surface area contributed by atoms with Crippen molar-refractivity contribution in [3.8, 4) is 21.9 Å². The minimum Gasteiger partial charge on any atom is -0.497 e. The van der Waals surface area contributed by atoms with Gasteiger partial charge in [-0.25, -0.2) is 9.78 Å². The van der Waals surface area contributed by atoms with Gasteiger partial charge in [0.05, 0.1) is 24.1 Å². The molecular weight excluding hydrogens is 290 g/mol. The van der Waals surface area contributed by atoms with Gasteiger partial charge in [-0.1, -0.05) is 6.92 Å². The number of carbonyl (C=O) groups is 1. The normalized spacial score (nSPS) is 10.4. The smallest absolute Gasteiger partial charge is 0.356 e. The second-order valence-corrected chi connectivity index (χ2v) is 5.53. The van der Waals surface area contributed by atoms with E-state index in [1.165, 1.54) is 11.3 Å². The Balaban J connectivity index is 2.56. The van der Waals surface area contributed by atoms with Crippen LogP contribution < -0.4 is 9.47 Å². The van der Waals surface area contributed by atoms with E-state index in [4.69, 9.17) is 9.47 Å². The number of aromatic carboxylic acids is 1. The summed E-state index contributed by atoms with van der Waals surface area (Å²) in [7, 11) is 3.12. The first kappa shape index (κ1) is 15.3. The maximum Gasteiger partial charge on any atom is 0.356 e. The van der Waals surface area contributed by atoms with Gasteiger partial charge < -0.3 is 14.6 Å². The van der Waals surface area contributed by atoms with Gasteiger partial charge in [0.2, 0.25) is 0 Å². The van der Waals surface area contributed by atoms with Gasteiger partial charge in [-0.05, 0) is 25.0 Å². The Hall–Kier alpha value is -2.08. The van der Waals surface area contributed by atoms with Crippen LogP contribution in [0.2, 0.25) is 0 Å². The number of aryl methyl sites for hydroxylation is 1. The number of aromatic nitrogens is 1. The van der Waals surface area contributed by atoms with Crippen LogP contribution in [0.1, 0.15) is 28.8 Å². The van der Waals surface area contributed by atoms with Crippen molar-refractivity contribution >= 4 is 17.3 Å². The first-order valence-corrected chi connectivity index (χ1v) is 7.37. The summed E-state index contributed by atoms with van der Waals surface area (Å²) in [5.41, 5.74) is 0.821. The van der Waals surface area contributed by atoms with Gasteiger partial charge in [0, 0.05) is 11.6 Å². The maximum atomic E-state index is 11.4. The molecule has 0 aliphatic carbocycles. The third kappa shape index (κ3) is 3.33. The lowest BCUT2D eigenvalue weighted by Gasteiger charge is -2.07. The zero-order chi connectivity index (χ0) is 15.4. The van der Waals surface area contributed by atoms with Crippen LogP contribution in [0.15, 0.2) is 18.2 Å². The molecule has 0 spiro atoms. The van der Waals surface area contributed by atoms with Gasteiger partial charge in [-0.2, -0.15) is 0 Å². The number of nitrogens with zero attached hydrogens (tertiary/aromatic N) is 1. The van der Waals surface area contributed by atoms with E-state index in [1.54, 1.807) is 32.4 Å². The SMILES string of the molecule is CCCc1nc(C(=O)O)c(-c2cc(OC)cc(OC)c2)s1. The van der Waals surface area contributed by atoms with Crippen LogP contribution in [0.25, 0.3) is 10.4 Å². The van der Waals surface area contributed by atoms with Crippen LogP contribution in [-0.2, 0) is 6.42 Å². The van der Waals surface area contributed by atoms with Gasteiger partial charge in [0.1, 0.15) is 11.5 Å². The summed E-state index contributed by atoms with van der Waals surface area (Å²) in [5.74, 6) is 0.211. The molecule has 1 aromatic carbocycles. The van der Waals surface area contributed by atoms with Crippen LogP contribution >= 0.6 is 11.3 Å². The Kier molecular flexibility index (Phi) is 4.80. The van der Waals surface area contributed by atoms with E-state index in [1.807, 2.05) is 6.92 Å². The van der Waals surface area contributed by atoms with Crippen LogP contribution in [0.5, 0.6) is 11.5 Å². The van der Waals surface area contributed by atoms with Crippen molar-refractivity contribution in [2.24, 2.45) is 0 Å². The number of methoxy groups -OCH3 is 2. The molecule has 0 atom stereocenters.